The van der Waals surface area contributed by atoms with Crippen molar-refractivity contribution in [2.75, 3.05) is 0 Å². The van der Waals surface area contributed by atoms with Crippen LogP contribution in [0.3, 0.4) is 0 Å². The van der Waals surface area contributed by atoms with Crippen LogP contribution in [0.15, 0.2) is 0 Å². The molecule has 2 fully saturated rings. The molecule has 0 spiro atoms. The number of carbonyl (C=O) groups is 1. The molecule has 1 amide bonds. The Balaban J connectivity index is 2.04. The molecule has 1 N–H and O–H groups in total. The van der Waals surface area contributed by atoms with Crippen LogP contribution in [0.5, 0.6) is 0 Å². The lowest BCUT2D eigenvalue weighted by Gasteiger charge is -2.25. The zero-order valence-corrected chi connectivity index (χ0v) is 9.99. The summed E-state index contributed by atoms with van der Waals surface area (Å²) in [6.45, 7) is 6.52. The molecule has 0 radical (unpaired) electrons. The Morgan fingerprint density at radius 3 is 2.60 bits per heavy atom. The first-order valence-corrected chi connectivity index (χ1v) is 6.21. The summed E-state index contributed by atoms with van der Waals surface area (Å²) in [5.74, 6) is 0.984. The first-order chi connectivity index (χ1) is 7.13. The predicted molar refractivity (Wildman–Crippen MR) is 60.3 cm³/mol. The van der Waals surface area contributed by atoms with Crippen LogP contribution in [0.25, 0.3) is 0 Å². The first kappa shape index (κ1) is 10.9. The minimum Gasteiger partial charge on any atom is -0.323 e. The summed E-state index contributed by atoms with van der Waals surface area (Å²) >= 11 is 0. The van der Waals surface area contributed by atoms with Crippen LogP contribution in [0.1, 0.15) is 46.5 Å². The molecule has 1 saturated carbocycles. The smallest absolute Gasteiger partial charge is 0.241 e. The van der Waals surface area contributed by atoms with E-state index in [1.165, 1.54) is 12.8 Å². The molecular formula is C12H22N2O. The topological polar surface area (TPSA) is 32.3 Å². The number of amides is 1. The quantitative estimate of drug-likeness (QED) is 0.766. The van der Waals surface area contributed by atoms with Crippen molar-refractivity contribution in [3.05, 3.63) is 0 Å². The normalized spacial score (nSPS) is 31.7. The Kier molecular flexibility index (Phi) is 3.01. The van der Waals surface area contributed by atoms with Crippen LogP contribution in [0, 0.1) is 5.92 Å². The van der Waals surface area contributed by atoms with E-state index in [2.05, 4.69) is 31.0 Å². The third-order valence-electron chi connectivity index (χ3n) is 3.33. The third-order valence-corrected chi connectivity index (χ3v) is 3.33. The summed E-state index contributed by atoms with van der Waals surface area (Å²) in [5, 5.41) is 3.47. The van der Waals surface area contributed by atoms with E-state index in [0.717, 1.165) is 12.8 Å². The largest absolute Gasteiger partial charge is 0.323 e. The minimum absolute atomic E-state index is 0.0781. The molecule has 2 unspecified atom stereocenters. The molecule has 2 aliphatic rings. The first-order valence-electron chi connectivity index (χ1n) is 6.21. The lowest BCUT2D eigenvalue weighted by atomic mass is 10.1. The van der Waals surface area contributed by atoms with Gasteiger partial charge in [-0.05, 0) is 31.6 Å². The number of rotatable bonds is 4. The van der Waals surface area contributed by atoms with E-state index in [-0.39, 0.29) is 6.04 Å². The molecule has 3 nitrogen and oxygen atoms in total. The Morgan fingerprint density at radius 1 is 1.47 bits per heavy atom. The number of nitrogens with one attached hydrogen (secondary N) is 1. The van der Waals surface area contributed by atoms with Gasteiger partial charge in [0.05, 0.1) is 12.2 Å². The highest BCUT2D eigenvalue weighted by Gasteiger charge is 2.45. The summed E-state index contributed by atoms with van der Waals surface area (Å²) in [6, 6.07) is 0.625. The maximum Gasteiger partial charge on any atom is 0.241 e. The van der Waals surface area contributed by atoms with Gasteiger partial charge in [0.15, 0.2) is 0 Å². The maximum atomic E-state index is 12.1. The molecule has 15 heavy (non-hydrogen) atoms. The fraction of sp³-hybridized carbons (Fsp3) is 0.917. The molecule has 1 saturated heterocycles. The second-order valence-corrected chi connectivity index (χ2v) is 5.25. The molecule has 86 valence electrons. The van der Waals surface area contributed by atoms with E-state index in [9.17, 15) is 4.79 Å². The Bertz CT molecular complexity index is 248. The predicted octanol–water partition coefficient (Wildman–Crippen LogP) is 1.73. The Labute approximate surface area is 92.2 Å². The number of carbonyl (C=O) groups excluding carboxylic acids is 1. The van der Waals surface area contributed by atoms with Gasteiger partial charge in [0.25, 0.3) is 0 Å². The van der Waals surface area contributed by atoms with Gasteiger partial charge < -0.3 is 4.90 Å². The van der Waals surface area contributed by atoms with E-state index in [1.807, 2.05) is 0 Å². The molecule has 0 aromatic carbocycles. The molecule has 3 heteroatoms. The molecule has 0 bridgehead atoms. The molecule has 1 heterocycles. The molecular weight excluding hydrogens is 188 g/mol. The highest BCUT2D eigenvalue weighted by Crippen LogP contribution is 2.33. The lowest BCUT2D eigenvalue weighted by molar-refractivity contribution is -0.130. The zero-order valence-electron chi connectivity index (χ0n) is 9.99. The van der Waals surface area contributed by atoms with Crippen molar-refractivity contribution in [2.45, 2.75) is 64.7 Å². The summed E-state index contributed by atoms with van der Waals surface area (Å²) in [6.07, 6.45) is 4.71. The lowest BCUT2D eigenvalue weighted by Crippen LogP contribution is -2.39. The van der Waals surface area contributed by atoms with Gasteiger partial charge in [-0.3, -0.25) is 10.1 Å². The SMILES string of the molecule is CCC1NC(CC(C)C)N(C2CC2)C1=O. The maximum absolute atomic E-state index is 12.1. The molecule has 2 rings (SSSR count). The number of hydrogen-bond acceptors (Lipinski definition) is 2. The number of hydrogen-bond donors (Lipinski definition) is 1. The summed E-state index contributed by atoms with van der Waals surface area (Å²) < 4.78 is 0. The molecule has 0 aromatic heterocycles. The number of nitrogens with zero attached hydrogens (tertiary/aromatic N) is 1. The minimum atomic E-state index is 0.0781. The van der Waals surface area contributed by atoms with Crippen LogP contribution >= 0.6 is 0 Å². The van der Waals surface area contributed by atoms with Crippen LogP contribution in [-0.2, 0) is 4.79 Å². The molecule has 0 aromatic rings. The molecule has 2 atom stereocenters. The zero-order chi connectivity index (χ0) is 11.0. The van der Waals surface area contributed by atoms with Gasteiger partial charge in [0, 0.05) is 6.04 Å². The van der Waals surface area contributed by atoms with Crippen molar-refractivity contribution in [2.24, 2.45) is 5.92 Å². The average Bonchev–Trinajstić information content (AvgIpc) is 2.93. The van der Waals surface area contributed by atoms with E-state index in [4.69, 9.17) is 0 Å². The van der Waals surface area contributed by atoms with Gasteiger partial charge in [-0.1, -0.05) is 20.8 Å². The third kappa shape index (κ3) is 2.17. The van der Waals surface area contributed by atoms with Crippen molar-refractivity contribution in [1.29, 1.82) is 0 Å². The van der Waals surface area contributed by atoms with Crippen LogP contribution in [-0.4, -0.2) is 29.1 Å². The van der Waals surface area contributed by atoms with Gasteiger partial charge in [0.2, 0.25) is 5.91 Å². The van der Waals surface area contributed by atoms with Gasteiger partial charge in [-0.25, -0.2) is 0 Å². The Morgan fingerprint density at radius 2 is 2.13 bits per heavy atom. The summed E-state index contributed by atoms with van der Waals surface area (Å²) in [5.41, 5.74) is 0. The van der Waals surface area contributed by atoms with Gasteiger partial charge >= 0.3 is 0 Å². The molecule has 1 aliphatic carbocycles. The van der Waals surface area contributed by atoms with Crippen LogP contribution in [0.2, 0.25) is 0 Å². The fourth-order valence-corrected chi connectivity index (χ4v) is 2.43. The van der Waals surface area contributed by atoms with Crippen LogP contribution < -0.4 is 5.32 Å². The molecule has 1 aliphatic heterocycles. The van der Waals surface area contributed by atoms with Crippen molar-refractivity contribution >= 4 is 5.91 Å². The van der Waals surface area contributed by atoms with Gasteiger partial charge in [0.1, 0.15) is 0 Å². The van der Waals surface area contributed by atoms with Crippen LogP contribution in [0.4, 0.5) is 0 Å². The summed E-state index contributed by atoms with van der Waals surface area (Å²) in [4.78, 5) is 14.2. The fourth-order valence-electron chi connectivity index (χ4n) is 2.43. The summed E-state index contributed by atoms with van der Waals surface area (Å²) in [7, 11) is 0. The highest BCUT2D eigenvalue weighted by atomic mass is 16.2. The van der Waals surface area contributed by atoms with E-state index in [0.29, 0.717) is 24.0 Å². The average molecular weight is 210 g/mol. The standard InChI is InChI=1S/C12H22N2O/c1-4-10-12(15)14(9-5-6-9)11(13-10)7-8(2)3/h8-11,13H,4-7H2,1-3H3. The van der Waals surface area contributed by atoms with Gasteiger partial charge in [-0.15, -0.1) is 0 Å². The second-order valence-electron chi connectivity index (χ2n) is 5.25. The van der Waals surface area contributed by atoms with Crippen molar-refractivity contribution in [3.63, 3.8) is 0 Å². The van der Waals surface area contributed by atoms with Crippen molar-refractivity contribution < 1.29 is 4.79 Å². The van der Waals surface area contributed by atoms with Crippen molar-refractivity contribution in [3.8, 4) is 0 Å². The second kappa shape index (κ2) is 4.12. The van der Waals surface area contributed by atoms with Gasteiger partial charge in [-0.2, -0.15) is 0 Å². The highest BCUT2D eigenvalue weighted by molar-refractivity contribution is 5.84. The van der Waals surface area contributed by atoms with E-state index in [1.54, 1.807) is 0 Å². The monoisotopic (exact) mass is 210 g/mol. The van der Waals surface area contributed by atoms with E-state index >= 15 is 0 Å². The Hall–Kier alpha value is -0.570. The van der Waals surface area contributed by atoms with E-state index < -0.39 is 0 Å². The van der Waals surface area contributed by atoms with Crippen molar-refractivity contribution in [1.82, 2.24) is 10.2 Å².